The molecule has 2 aromatic rings. The second kappa shape index (κ2) is 3.93. The van der Waals surface area contributed by atoms with Gasteiger partial charge in [-0.3, -0.25) is 0 Å². The molecule has 5 heteroatoms. The lowest BCUT2D eigenvalue weighted by molar-refractivity contribution is 0.0692. The molecule has 0 radical (unpaired) electrons. The van der Waals surface area contributed by atoms with Crippen LogP contribution in [0.25, 0.3) is 11.0 Å². The Bertz CT molecular complexity index is 555. The van der Waals surface area contributed by atoms with Crippen molar-refractivity contribution in [1.29, 1.82) is 0 Å². The van der Waals surface area contributed by atoms with Crippen molar-refractivity contribution in [3.05, 3.63) is 46.3 Å². The van der Waals surface area contributed by atoms with E-state index >= 15 is 0 Å². The van der Waals surface area contributed by atoms with Gasteiger partial charge in [-0.05, 0) is 12.1 Å². The van der Waals surface area contributed by atoms with E-state index in [0.29, 0.717) is 11.0 Å². The molecular weight excluding hydrogens is 200 g/mol. The second-order valence-corrected chi connectivity index (χ2v) is 2.79. The lowest BCUT2D eigenvalue weighted by Crippen LogP contribution is -2.12. The third-order valence-electron chi connectivity index (χ3n) is 1.87. The zero-order valence-corrected chi connectivity index (χ0v) is 7.56. The molecule has 0 unspecified atom stereocenters. The SMILES string of the molecule is O.O=C(O)c1cc2ccccc2oc1=O. The first-order chi connectivity index (χ1) is 6.68. The Morgan fingerprint density at radius 1 is 1.27 bits per heavy atom. The van der Waals surface area contributed by atoms with E-state index in [1.54, 1.807) is 24.3 Å². The Morgan fingerprint density at radius 2 is 1.93 bits per heavy atom. The van der Waals surface area contributed by atoms with Gasteiger partial charge >= 0.3 is 11.6 Å². The average molecular weight is 208 g/mol. The Balaban J connectivity index is 0.00000112. The maximum Gasteiger partial charge on any atom is 0.351 e. The number of carboxylic acid groups (broad SMARTS) is 1. The van der Waals surface area contributed by atoms with E-state index in [-0.39, 0.29) is 11.0 Å². The van der Waals surface area contributed by atoms with Gasteiger partial charge in [-0.15, -0.1) is 0 Å². The predicted molar refractivity (Wildman–Crippen MR) is 53.1 cm³/mol. The van der Waals surface area contributed by atoms with Crippen LogP contribution in [0.3, 0.4) is 0 Å². The molecule has 0 atom stereocenters. The first kappa shape index (κ1) is 10.9. The maximum atomic E-state index is 11.1. The van der Waals surface area contributed by atoms with Gasteiger partial charge in [0.05, 0.1) is 0 Å². The second-order valence-electron chi connectivity index (χ2n) is 2.79. The minimum absolute atomic E-state index is 0. The molecule has 1 aromatic carbocycles. The number of carboxylic acids is 1. The van der Waals surface area contributed by atoms with Crippen LogP contribution in [0.4, 0.5) is 0 Å². The monoisotopic (exact) mass is 208 g/mol. The fourth-order valence-electron chi connectivity index (χ4n) is 1.21. The first-order valence-corrected chi connectivity index (χ1v) is 3.94. The number of benzene rings is 1. The molecular formula is C10H8O5. The zero-order chi connectivity index (χ0) is 10.1. The van der Waals surface area contributed by atoms with Crippen molar-refractivity contribution in [3.63, 3.8) is 0 Å². The molecule has 0 saturated carbocycles. The summed E-state index contributed by atoms with van der Waals surface area (Å²) in [5, 5.41) is 9.27. The molecule has 0 bridgehead atoms. The number of para-hydroxylation sites is 1. The summed E-state index contributed by atoms with van der Waals surface area (Å²) < 4.78 is 4.82. The highest BCUT2D eigenvalue weighted by molar-refractivity contribution is 5.91. The van der Waals surface area contributed by atoms with Gasteiger partial charge in [0, 0.05) is 5.39 Å². The fraction of sp³-hybridized carbons (Fsp3) is 0. The average Bonchev–Trinajstić information content (AvgIpc) is 2.16. The zero-order valence-electron chi connectivity index (χ0n) is 7.56. The molecule has 0 aliphatic rings. The largest absolute Gasteiger partial charge is 0.477 e. The van der Waals surface area contributed by atoms with Crippen molar-refractivity contribution in [2.45, 2.75) is 0 Å². The van der Waals surface area contributed by atoms with E-state index in [1.807, 2.05) is 0 Å². The summed E-state index contributed by atoms with van der Waals surface area (Å²) in [5.74, 6) is -1.27. The van der Waals surface area contributed by atoms with Crippen molar-refractivity contribution in [2.75, 3.05) is 0 Å². The quantitative estimate of drug-likeness (QED) is 0.696. The lowest BCUT2D eigenvalue weighted by Gasteiger charge is -1.96. The molecule has 5 nitrogen and oxygen atoms in total. The molecule has 1 heterocycles. The molecule has 0 spiro atoms. The van der Waals surface area contributed by atoms with Crippen molar-refractivity contribution < 1.29 is 19.8 Å². The Hall–Kier alpha value is -2.14. The predicted octanol–water partition coefficient (Wildman–Crippen LogP) is 0.666. The number of aromatic carboxylic acids is 1. The van der Waals surface area contributed by atoms with E-state index < -0.39 is 11.6 Å². The number of fused-ring (bicyclic) bond motifs is 1. The third-order valence-corrected chi connectivity index (χ3v) is 1.87. The van der Waals surface area contributed by atoms with Gasteiger partial charge in [-0.2, -0.15) is 0 Å². The van der Waals surface area contributed by atoms with Crippen molar-refractivity contribution in [2.24, 2.45) is 0 Å². The van der Waals surface area contributed by atoms with E-state index in [4.69, 9.17) is 9.52 Å². The van der Waals surface area contributed by atoms with Crippen LogP contribution in [0.1, 0.15) is 10.4 Å². The summed E-state index contributed by atoms with van der Waals surface area (Å²) in [6.07, 6.45) is 0. The molecule has 3 N–H and O–H groups in total. The van der Waals surface area contributed by atoms with Crippen molar-refractivity contribution >= 4 is 16.9 Å². The van der Waals surface area contributed by atoms with Gasteiger partial charge in [-0.1, -0.05) is 18.2 Å². The number of hydrogen-bond acceptors (Lipinski definition) is 3. The third kappa shape index (κ3) is 1.87. The van der Waals surface area contributed by atoms with Gasteiger partial charge in [-0.25, -0.2) is 9.59 Å². The van der Waals surface area contributed by atoms with E-state index in [0.717, 1.165) is 0 Å². The summed E-state index contributed by atoms with van der Waals surface area (Å²) in [4.78, 5) is 21.7. The molecule has 0 fully saturated rings. The summed E-state index contributed by atoms with van der Waals surface area (Å²) in [5.41, 5.74) is -0.776. The number of carbonyl (C=O) groups is 1. The highest BCUT2D eigenvalue weighted by Crippen LogP contribution is 2.12. The van der Waals surface area contributed by atoms with Gasteiger partial charge in [0.15, 0.2) is 0 Å². The minimum atomic E-state index is -1.27. The van der Waals surface area contributed by atoms with Crippen LogP contribution in [0.2, 0.25) is 0 Å². The molecule has 2 rings (SSSR count). The van der Waals surface area contributed by atoms with Crippen molar-refractivity contribution in [3.8, 4) is 0 Å². The van der Waals surface area contributed by atoms with E-state index in [2.05, 4.69) is 0 Å². The Kier molecular flexibility index (Phi) is 2.87. The molecule has 1 aromatic heterocycles. The van der Waals surface area contributed by atoms with Gasteiger partial charge < -0.3 is 15.0 Å². The van der Waals surface area contributed by atoms with E-state index in [1.165, 1.54) is 6.07 Å². The van der Waals surface area contributed by atoms with Crippen LogP contribution in [-0.2, 0) is 0 Å². The normalized spacial score (nSPS) is 9.60. The van der Waals surface area contributed by atoms with Gasteiger partial charge in [0.2, 0.25) is 0 Å². The van der Waals surface area contributed by atoms with Crippen LogP contribution in [-0.4, -0.2) is 16.6 Å². The first-order valence-electron chi connectivity index (χ1n) is 3.94. The summed E-state index contributed by atoms with van der Waals surface area (Å²) in [6.45, 7) is 0. The molecule has 0 saturated heterocycles. The highest BCUT2D eigenvalue weighted by atomic mass is 16.4. The number of hydrogen-bond donors (Lipinski definition) is 1. The highest BCUT2D eigenvalue weighted by Gasteiger charge is 2.10. The Labute approximate surface area is 83.9 Å². The van der Waals surface area contributed by atoms with Gasteiger partial charge in [0.25, 0.3) is 0 Å². The number of rotatable bonds is 1. The molecule has 0 aliphatic carbocycles. The van der Waals surface area contributed by atoms with Crippen molar-refractivity contribution in [1.82, 2.24) is 0 Å². The fourth-order valence-corrected chi connectivity index (χ4v) is 1.21. The van der Waals surface area contributed by atoms with Gasteiger partial charge in [0.1, 0.15) is 11.1 Å². The summed E-state index contributed by atoms with van der Waals surface area (Å²) in [7, 11) is 0. The maximum absolute atomic E-state index is 11.1. The summed E-state index contributed by atoms with van der Waals surface area (Å²) in [6, 6.07) is 8.07. The standard InChI is InChI=1S/C10H6O4.H2O/c11-9(12)7-5-6-3-1-2-4-8(6)14-10(7)13;/h1-5H,(H,11,12);1H2. The topological polar surface area (TPSA) is 99.0 Å². The lowest BCUT2D eigenvalue weighted by atomic mass is 10.2. The summed E-state index contributed by atoms with van der Waals surface area (Å²) >= 11 is 0. The van der Waals surface area contributed by atoms with Crippen LogP contribution < -0.4 is 5.63 Å². The molecule has 0 aliphatic heterocycles. The van der Waals surface area contributed by atoms with E-state index in [9.17, 15) is 9.59 Å². The molecule has 15 heavy (non-hydrogen) atoms. The Morgan fingerprint density at radius 3 is 2.60 bits per heavy atom. The van der Waals surface area contributed by atoms with Crippen LogP contribution in [0.5, 0.6) is 0 Å². The minimum Gasteiger partial charge on any atom is -0.477 e. The van der Waals surface area contributed by atoms with Crippen LogP contribution in [0, 0.1) is 0 Å². The van der Waals surface area contributed by atoms with Crippen LogP contribution >= 0.6 is 0 Å². The molecule has 0 amide bonds. The van der Waals surface area contributed by atoms with Crippen LogP contribution in [0.15, 0.2) is 39.5 Å². The smallest absolute Gasteiger partial charge is 0.351 e. The molecule has 78 valence electrons.